The van der Waals surface area contributed by atoms with Crippen molar-refractivity contribution in [2.24, 2.45) is 0 Å². The van der Waals surface area contributed by atoms with E-state index in [9.17, 15) is 0 Å². The lowest BCUT2D eigenvalue weighted by Crippen LogP contribution is -2.44. The van der Waals surface area contributed by atoms with Gasteiger partial charge in [-0.1, -0.05) is 26.8 Å². The Labute approximate surface area is 194 Å². The quantitative estimate of drug-likeness (QED) is 0.482. The van der Waals surface area contributed by atoms with Crippen LogP contribution in [0.5, 0.6) is 0 Å². The van der Waals surface area contributed by atoms with Crippen LogP contribution >= 0.6 is 0 Å². The van der Waals surface area contributed by atoms with Gasteiger partial charge in [-0.2, -0.15) is 0 Å². The fourth-order valence-electron chi connectivity index (χ4n) is 4.22. The van der Waals surface area contributed by atoms with Crippen LogP contribution in [0.1, 0.15) is 38.7 Å². The van der Waals surface area contributed by atoms with Crippen molar-refractivity contribution in [1.29, 1.82) is 0 Å². The minimum Gasteiger partial charge on any atom is -0.372 e. The largest absolute Gasteiger partial charge is 0.372 e. The molecule has 1 aliphatic heterocycles. The van der Waals surface area contributed by atoms with E-state index in [4.69, 9.17) is 4.98 Å². The highest BCUT2D eigenvalue weighted by molar-refractivity contribution is 5.87. The molecular formula is C26H42N6. The third-order valence-corrected chi connectivity index (χ3v) is 6.39. The molecule has 0 spiro atoms. The van der Waals surface area contributed by atoms with Gasteiger partial charge in [-0.15, -0.1) is 0 Å². The van der Waals surface area contributed by atoms with Gasteiger partial charge in [0.05, 0.1) is 11.3 Å². The van der Waals surface area contributed by atoms with Crippen LogP contribution in [0.25, 0.3) is 10.9 Å². The molecule has 176 valence electrons. The monoisotopic (exact) mass is 438 g/mol. The maximum Gasteiger partial charge on any atom is 0.129 e. The number of hydrogen-bond acceptors (Lipinski definition) is 6. The summed E-state index contributed by atoms with van der Waals surface area (Å²) in [5, 5.41) is 8.03. The number of likely N-dealkylation sites (N-methyl/N-ethyl adjacent to an activating group) is 1. The average Bonchev–Trinajstić information content (AvgIpc) is 2.79. The van der Waals surface area contributed by atoms with Gasteiger partial charge in [-0.25, -0.2) is 4.98 Å². The van der Waals surface area contributed by atoms with Crippen LogP contribution in [-0.2, 0) is 0 Å². The van der Waals surface area contributed by atoms with Crippen molar-refractivity contribution in [2.45, 2.75) is 40.0 Å². The zero-order valence-electron chi connectivity index (χ0n) is 20.6. The standard InChI is InChI=1S/C26H42N6/c1-6-8-13-31(7-2)14-9-12-27-22(4)28-23-10-11-25-24(20-23)21(3)19-26(29-25)32-17-15-30(5)16-18-32/h10-11,19-20,27-28H,4,6-9,12-18H2,1-3,5H3. The number of fused-ring (bicyclic) bond motifs is 1. The highest BCUT2D eigenvalue weighted by Crippen LogP contribution is 2.26. The van der Waals surface area contributed by atoms with Crippen LogP contribution < -0.4 is 15.5 Å². The number of pyridine rings is 1. The SMILES string of the molecule is C=C(NCCCN(CC)CCCC)Nc1ccc2nc(N3CCN(C)CC3)cc(C)c2c1. The van der Waals surface area contributed by atoms with Gasteiger partial charge in [0.1, 0.15) is 5.82 Å². The molecule has 0 saturated carbocycles. The number of rotatable bonds is 12. The van der Waals surface area contributed by atoms with Gasteiger partial charge >= 0.3 is 0 Å². The number of nitrogens with zero attached hydrogens (tertiary/aromatic N) is 4. The van der Waals surface area contributed by atoms with E-state index < -0.39 is 0 Å². The number of aryl methyl sites for hydroxylation is 1. The van der Waals surface area contributed by atoms with Gasteiger partial charge in [-0.05, 0) is 76.3 Å². The lowest BCUT2D eigenvalue weighted by Gasteiger charge is -2.33. The van der Waals surface area contributed by atoms with Gasteiger partial charge in [0.25, 0.3) is 0 Å². The second-order valence-electron chi connectivity index (χ2n) is 8.99. The number of hydrogen-bond donors (Lipinski definition) is 2. The van der Waals surface area contributed by atoms with E-state index >= 15 is 0 Å². The first-order valence-corrected chi connectivity index (χ1v) is 12.3. The summed E-state index contributed by atoms with van der Waals surface area (Å²) < 4.78 is 0. The predicted molar refractivity (Wildman–Crippen MR) is 139 cm³/mol. The van der Waals surface area contributed by atoms with Crippen LogP contribution in [0.2, 0.25) is 0 Å². The van der Waals surface area contributed by atoms with E-state index in [1.54, 1.807) is 0 Å². The molecule has 0 aliphatic carbocycles. The summed E-state index contributed by atoms with van der Waals surface area (Å²) in [6.45, 7) is 19.5. The molecule has 0 amide bonds. The summed E-state index contributed by atoms with van der Waals surface area (Å²) in [6, 6.07) is 8.62. The van der Waals surface area contributed by atoms with Crippen molar-refractivity contribution >= 4 is 22.4 Å². The number of nitrogens with one attached hydrogen (secondary N) is 2. The van der Waals surface area contributed by atoms with Crippen LogP contribution in [0.15, 0.2) is 36.7 Å². The first-order valence-electron chi connectivity index (χ1n) is 12.3. The molecule has 2 heterocycles. The lowest BCUT2D eigenvalue weighted by atomic mass is 10.1. The van der Waals surface area contributed by atoms with Crippen LogP contribution in [0, 0.1) is 6.92 Å². The Morgan fingerprint density at radius 2 is 1.84 bits per heavy atom. The minimum atomic E-state index is 0.848. The van der Waals surface area contributed by atoms with Crippen LogP contribution in [0.3, 0.4) is 0 Å². The number of benzene rings is 1. The third-order valence-electron chi connectivity index (χ3n) is 6.39. The molecule has 1 fully saturated rings. The maximum absolute atomic E-state index is 4.95. The molecule has 0 bridgehead atoms. The molecule has 0 radical (unpaired) electrons. The molecule has 1 aromatic carbocycles. The fourth-order valence-corrected chi connectivity index (χ4v) is 4.22. The highest BCUT2D eigenvalue weighted by Gasteiger charge is 2.16. The van der Waals surface area contributed by atoms with E-state index in [-0.39, 0.29) is 0 Å². The summed E-state index contributed by atoms with van der Waals surface area (Å²) >= 11 is 0. The van der Waals surface area contributed by atoms with E-state index in [2.05, 4.69) is 84.0 Å². The number of piperazine rings is 1. The van der Waals surface area contributed by atoms with Crippen molar-refractivity contribution < 1.29 is 0 Å². The molecule has 32 heavy (non-hydrogen) atoms. The molecule has 0 unspecified atom stereocenters. The molecule has 2 N–H and O–H groups in total. The Kier molecular flexibility index (Phi) is 9.18. The lowest BCUT2D eigenvalue weighted by molar-refractivity contribution is 0.279. The van der Waals surface area contributed by atoms with Crippen LogP contribution in [-0.4, -0.2) is 74.2 Å². The van der Waals surface area contributed by atoms with Gasteiger partial charge in [0, 0.05) is 43.8 Å². The second-order valence-corrected chi connectivity index (χ2v) is 8.99. The summed E-state index contributed by atoms with van der Waals surface area (Å²) in [6.07, 6.45) is 3.66. The Morgan fingerprint density at radius 3 is 2.56 bits per heavy atom. The van der Waals surface area contributed by atoms with E-state index in [1.165, 1.54) is 30.3 Å². The number of unbranched alkanes of at least 4 members (excludes halogenated alkanes) is 1. The summed E-state index contributed by atoms with van der Waals surface area (Å²) in [4.78, 5) is 12.2. The predicted octanol–water partition coefficient (Wildman–Crippen LogP) is 4.28. The normalized spacial score (nSPS) is 14.8. The Hall–Kier alpha value is -2.31. The minimum absolute atomic E-state index is 0.848. The number of aromatic nitrogens is 1. The van der Waals surface area contributed by atoms with Crippen molar-refractivity contribution in [3.05, 3.63) is 42.2 Å². The van der Waals surface area contributed by atoms with Gasteiger partial charge in [-0.3, -0.25) is 0 Å². The average molecular weight is 439 g/mol. The number of anilines is 2. The molecule has 1 aliphatic rings. The van der Waals surface area contributed by atoms with E-state index in [0.717, 1.165) is 75.1 Å². The molecule has 6 nitrogen and oxygen atoms in total. The third kappa shape index (κ3) is 6.84. The summed E-state index contributed by atoms with van der Waals surface area (Å²) in [5.74, 6) is 1.94. The Bertz CT molecular complexity index is 872. The molecule has 0 atom stereocenters. The molecule has 2 aromatic rings. The maximum atomic E-state index is 4.95. The smallest absolute Gasteiger partial charge is 0.129 e. The highest BCUT2D eigenvalue weighted by atomic mass is 15.3. The topological polar surface area (TPSA) is 46.7 Å². The molecular weight excluding hydrogens is 396 g/mol. The van der Waals surface area contributed by atoms with Crippen LogP contribution in [0.4, 0.5) is 11.5 Å². The molecule has 6 heteroatoms. The second kappa shape index (κ2) is 12.1. The zero-order valence-corrected chi connectivity index (χ0v) is 20.6. The molecule has 3 rings (SSSR count). The van der Waals surface area contributed by atoms with E-state index in [0.29, 0.717) is 0 Å². The van der Waals surface area contributed by atoms with Crippen molar-refractivity contribution in [1.82, 2.24) is 20.1 Å². The van der Waals surface area contributed by atoms with E-state index in [1.807, 2.05) is 0 Å². The van der Waals surface area contributed by atoms with Crippen molar-refractivity contribution in [3.63, 3.8) is 0 Å². The first-order chi connectivity index (χ1) is 15.5. The summed E-state index contributed by atoms with van der Waals surface area (Å²) in [7, 11) is 2.18. The Balaban J connectivity index is 1.53. The zero-order chi connectivity index (χ0) is 22.9. The molecule has 1 saturated heterocycles. The Morgan fingerprint density at radius 1 is 1.09 bits per heavy atom. The van der Waals surface area contributed by atoms with Gasteiger partial charge in [0.2, 0.25) is 0 Å². The van der Waals surface area contributed by atoms with Gasteiger partial charge < -0.3 is 25.3 Å². The van der Waals surface area contributed by atoms with Crippen molar-refractivity contribution in [3.8, 4) is 0 Å². The molecule has 1 aromatic heterocycles. The fraction of sp³-hybridized carbons (Fsp3) is 0.577. The summed E-state index contributed by atoms with van der Waals surface area (Å²) in [5.41, 5.74) is 3.36. The van der Waals surface area contributed by atoms with Gasteiger partial charge in [0.15, 0.2) is 0 Å². The first kappa shape index (κ1) is 24.3. The van der Waals surface area contributed by atoms with Crippen molar-refractivity contribution in [2.75, 3.05) is 69.6 Å².